The summed E-state index contributed by atoms with van der Waals surface area (Å²) >= 11 is 11.7. The van der Waals surface area contributed by atoms with Crippen molar-refractivity contribution in [2.75, 3.05) is 10.6 Å². The number of hydrogen-bond donors (Lipinski definition) is 4. The van der Waals surface area contributed by atoms with Gasteiger partial charge in [0.05, 0.1) is 38.6 Å². The number of amides is 4. The monoisotopic (exact) mass is 604 g/mol. The Kier molecular flexibility index (Phi) is 9.27. The van der Waals surface area contributed by atoms with Crippen LogP contribution in [0.3, 0.4) is 0 Å². The lowest BCUT2D eigenvalue weighted by Crippen LogP contribution is -2.28. The highest BCUT2D eigenvalue weighted by atomic mass is 35.5. The van der Waals surface area contributed by atoms with Gasteiger partial charge in [0.25, 0.3) is 0 Å². The Morgan fingerprint density at radius 3 is 1.50 bits per heavy atom. The van der Waals surface area contributed by atoms with Gasteiger partial charge in [-0.15, -0.1) is 10.2 Å². The minimum atomic E-state index is -0.354. The van der Waals surface area contributed by atoms with E-state index >= 15 is 0 Å². The van der Waals surface area contributed by atoms with Crippen LogP contribution in [0, 0.1) is 0 Å². The minimum absolute atomic E-state index is 0.228. The molecule has 0 saturated heterocycles. The van der Waals surface area contributed by atoms with E-state index in [9.17, 15) is 9.59 Å². The van der Waals surface area contributed by atoms with Gasteiger partial charge >= 0.3 is 12.1 Å². The van der Waals surface area contributed by atoms with Crippen molar-refractivity contribution >= 4 is 46.6 Å². The number of halogens is 2. The molecule has 5 rings (SSSR count). The summed E-state index contributed by atoms with van der Waals surface area (Å²) in [5.41, 5.74) is 4.58. The highest BCUT2D eigenvalue weighted by Crippen LogP contribution is 2.14. The molecule has 0 aliphatic carbocycles. The van der Waals surface area contributed by atoms with E-state index in [1.807, 2.05) is 18.2 Å². The fourth-order valence-electron chi connectivity index (χ4n) is 3.95. The summed E-state index contributed by atoms with van der Waals surface area (Å²) < 4.78 is 3.42. The van der Waals surface area contributed by atoms with Crippen LogP contribution in [0.5, 0.6) is 0 Å². The lowest BCUT2D eigenvalue weighted by atomic mass is 10.1. The largest absolute Gasteiger partial charge is 0.332 e. The van der Waals surface area contributed by atoms with Gasteiger partial charge in [0.15, 0.2) is 0 Å². The number of anilines is 2. The summed E-state index contributed by atoms with van der Waals surface area (Å²) in [6.07, 6.45) is 3.57. The Bertz CT molecular complexity index is 1530. The smallest absolute Gasteiger partial charge is 0.319 e. The number of nitrogens with zero attached hydrogens (tertiary/aromatic N) is 6. The van der Waals surface area contributed by atoms with E-state index in [-0.39, 0.29) is 25.2 Å². The van der Waals surface area contributed by atoms with Crippen molar-refractivity contribution in [2.45, 2.75) is 26.2 Å². The number of aromatic nitrogens is 6. The Morgan fingerprint density at radius 1 is 0.643 bits per heavy atom. The van der Waals surface area contributed by atoms with Gasteiger partial charge in [-0.05, 0) is 59.7 Å². The third kappa shape index (κ3) is 8.53. The van der Waals surface area contributed by atoms with Crippen LogP contribution in [0.25, 0.3) is 0 Å². The summed E-state index contributed by atoms with van der Waals surface area (Å²) in [5, 5.41) is 28.8. The summed E-state index contributed by atoms with van der Waals surface area (Å²) in [4.78, 5) is 24.3. The zero-order chi connectivity index (χ0) is 29.3. The normalized spacial score (nSPS) is 10.7. The molecule has 4 N–H and O–H groups in total. The van der Waals surface area contributed by atoms with Gasteiger partial charge in [-0.2, -0.15) is 0 Å². The van der Waals surface area contributed by atoms with E-state index in [0.29, 0.717) is 45.9 Å². The zero-order valence-electron chi connectivity index (χ0n) is 22.2. The highest BCUT2D eigenvalue weighted by Gasteiger charge is 2.08. The van der Waals surface area contributed by atoms with Gasteiger partial charge in [-0.25, -0.2) is 19.0 Å². The Morgan fingerprint density at radius 2 is 1.07 bits per heavy atom. The van der Waals surface area contributed by atoms with E-state index in [1.54, 1.807) is 70.3 Å². The average Bonchev–Trinajstić information content (AvgIpc) is 3.63. The maximum absolute atomic E-state index is 12.2. The van der Waals surface area contributed by atoms with Gasteiger partial charge in [0.1, 0.15) is 11.4 Å². The fourth-order valence-corrected chi connectivity index (χ4v) is 4.20. The topological polar surface area (TPSA) is 144 Å². The molecule has 5 aromatic rings. The van der Waals surface area contributed by atoms with Gasteiger partial charge in [0, 0.05) is 21.4 Å². The van der Waals surface area contributed by atoms with Crippen molar-refractivity contribution in [1.82, 2.24) is 40.6 Å². The first-order valence-corrected chi connectivity index (χ1v) is 13.6. The van der Waals surface area contributed by atoms with E-state index in [4.69, 9.17) is 23.2 Å². The quantitative estimate of drug-likeness (QED) is 0.178. The third-order valence-corrected chi connectivity index (χ3v) is 6.42. The Balaban J connectivity index is 1.08. The van der Waals surface area contributed by atoms with Gasteiger partial charge in [0.2, 0.25) is 0 Å². The van der Waals surface area contributed by atoms with E-state index in [2.05, 4.69) is 48.0 Å². The molecule has 0 unspecified atom stereocenters. The molecule has 12 nitrogen and oxygen atoms in total. The minimum Gasteiger partial charge on any atom is -0.332 e. The standard InChI is InChI=1S/C28H26Cl2N10O2/c29-21-4-8-23(9-5-21)33-27(41)31-13-25-17-39(37-35-25)15-19-2-1-3-20(12-19)16-40-18-26(36-38-40)14-32-28(42)34-24-10-6-22(30)7-11-24/h1-12,17-18H,13-16H2,(H2,31,33,41)(H2,32,34,42). The molecule has 0 saturated carbocycles. The number of carbonyl (C=O) groups is 2. The Hall–Kier alpha value is -4.94. The molecule has 42 heavy (non-hydrogen) atoms. The highest BCUT2D eigenvalue weighted by molar-refractivity contribution is 6.31. The molecule has 0 aliphatic rings. The second-order valence-electron chi connectivity index (χ2n) is 9.26. The molecule has 0 radical (unpaired) electrons. The molecule has 4 amide bonds. The van der Waals surface area contributed by atoms with Gasteiger partial charge < -0.3 is 21.3 Å². The summed E-state index contributed by atoms with van der Waals surface area (Å²) in [6, 6.07) is 21.0. The van der Waals surface area contributed by atoms with Crippen LogP contribution in [0.15, 0.2) is 85.2 Å². The molecule has 3 aromatic carbocycles. The van der Waals surface area contributed by atoms with Crippen LogP contribution in [0.2, 0.25) is 10.0 Å². The second-order valence-corrected chi connectivity index (χ2v) is 10.1. The summed E-state index contributed by atoms with van der Waals surface area (Å²) in [5.74, 6) is 0. The molecule has 2 aromatic heterocycles. The predicted molar refractivity (Wildman–Crippen MR) is 159 cm³/mol. The number of hydrogen-bond acceptors (Lipinski definition) is 6. The molecular weight excluding hydrogens is 579 g/mol. The molecular formula is C28H26Cl2N10O2. The second kappa shape index (κ2) is 13.6. The van der Waals surface area contributed by atoms with E-state index in [0.717, 1.165) is 11.1 Å². The van der Waals surface area contributed by atoms with Crippen molar-refractivity contribution < 1.29 is 9.59 Å². The van der Waals surface area contributed by atoms with Gasteiger partial charge in [-0.3, -0.25) is 0 Å². The van der Waals surface area contributed by atoms with Crippen LogP contribution in [0.1, 0.15) is 22.5 Å². The number of nitrogens with one attached hydrogen (secondary N) is 4. The van der Waals surface area contributed by atoms with Crippen molar-refractivity contribution in [1.29, 1.82) is 0 Å². The van der Waals surface area contributed by atoms with E-state index < -0.39 is 0 Å². The molecule has 0 atom stereocenters. The zero-order valence-corrected chi connectivity index (χ0v) is 23.7. The van der Waals surface area contributed by atoms with Crippen molar-refractivity contribution in [3.63, 3.8) is 0 Å². The van der Waals surface area contributed by atoms with Crippen LogP contribution in [0.4, 0.5) is 21.0 Å². The number of carbonyl (C=O) groups excluding carboxylic acids is 2. The lowest BCUT2D eigenvalue weighted by molar-refractivity contribution is 0.251. The third-order valence-electron chi connectivity index (χ3n) is 5.92. The molecule has 2 heterocycles. The van der Waals surface area contributed by atoms with Crippen LogP contribution >= 0.6 is 23.2 Å². The summed E-state index contributed by atoms with van der Waals surface area (Å²) in [7, 11) is 0. The van der Waals surface area contributed by atoms with Crippen LogP contribution in [-0.4, -0.2) is 42.0 Å². The number of rotatable bonds is 10. The number of urea groups is 2. The molecule has 0 aliphatic heterocycles. The number of benzene rings is 3. The fraction of sp³-hybridized carbons (Fsp3) is 0.143. The first-order chi connectivity index (χ1) is 20.4. The first kappa shape index (κ1) is 28.6. The van der Waals surface area contributed by atoms with Crippen LogP contribution in [-0.2, 0) is 26.2 Å². The summed E-state index contributed by atoms with van der Waals surface area (Å²) in [6.45, 7) is 1.47. The van der Waals surface area contributed by atoms with Crippen molar-refractivity contribution in [3.8, 4) is 0 Å². The Labute approximate surface area is 251 Å². The molecule has 0 bridgehead atoms. The average molecular weight is 605 g/mol. The predicted octanol–water partition coefficient (Wildman–Crippen LogP) is 4.92. The molecule has 214 valence electrons. The van der Waals surface area contributed by atoms with Crippen molar-refractivity contribution in [2.24, 2.45) is 0 Å². The van der Waals surface area contributed by atoms with Crippen LogP contribution < -0.4 is 21.3 Å². The maximum atomic E-state index is 12.2. The molecule has 0 spiro atoms. The maximum Gasteiger partial charge on any atom is 0.319 e. The first-order valence-electron chi connectivity index (χ1n) is 12.8. The lowest BCUT2D eigenvalue weighted by Gasteiger charge is -2.06. The van der Waals surface area contributed by atoms with Gasteiger partial charge in [-0.1, -0.05) is 57.9 Å². The molecule has 0 fully saturated rings. The van der Waals surface area contributed by atoms with E-state index in [1.165, 1.54) is 0 Å². The van der Waals surface area contributed by atoms with Crippen molar-refractivity contribution in [3.05, 3.63) is 118 Å². The SMILES string of the molecule is O=C(NCc1cn(Cc2cccc(Cn3cc(CNC(=O)Nc4ccc(Cl)cc4)nn3)c2)nn1)Nc1ccc(Cl)cc1. The molecule has 14 heteroatoms.